The van der Waals surface area contributed by atoms with Gasteiger partial charge in [-0.05, 0) is 0 Å². The molecular formula is C7H8N4O2. The molecule has 1 aliphatic heterocycles. The monoisotopic (exact) mass is 180 g/mol. The Morgan fingerprint density at radius 3 is 2.38 bits per heavy atom. The van der Waals surface area contributed by atoms with Gasteiger partial charge in [0.25, 0.3) is 0 Å². The molecule has 0 atom stereocenters. The quantitative estimate of drug-likeness (QED) is 0.455. The molecule has 2 rings (SSSR count). The predicted molar refractivity (Wildman–Crippen MR) is 44.1 cm³/mol. The zero-order valence-corrected chi connectivity index (χ0v) is 6.80. The molecule has 1 saturated heterocycles. The van der Waals surface area contributed by atoms with Crippen LogP contribution < -0.4 is 10.7 Å². The van der Waals surface area contributed by atoms with Crippen molar-refractivity contribution in [3.05, 3.63) is 12.3 Å². The van der Waals surface area contributed by atoms with E-state index in [0.29, 0.717) is 5.82 Å². The fourth-order valence-corrected chi connectivity index (χ4v) is 1.32. The van der Waals surface area contributed by atoms with Crippen LogP contribution in [0.3, 0.4) is 0 Å². The molecule has 0 saturated carbocycles. The highest BCUT2D eigenvalue weighted by Gasteiger charge is 2.32. The van der Waals surface area contributed by atoms with E-state index < -0.39 is 0 Å². The fraction of sp³-hybridized carbons (Fsp3) is 0.286. The Hall–Kier alpha value is -1.85. The second-order valence-corrected chi connectivity index (χ2v) is 2.76. The lowest BCUT2D eigenvalue weighted by molar-refractivity contribution is -0.121. The van der Waals surface area contributed by atoms with Gasteiger partial charge in [0.2, 0.25) is 11.8 Å². The third-order valence-electron chi connectivity index (χ3n) is 1.93. The molecule has 0 aromatic carbocycles. The minimum absolute atomic E-state index is 0.225. The summed E-state index contributed by atoms with van der Waals surface area (Å²) >= 11 is 0. The van der Waals surface area contributed by atoms with Gasteiger partial charge in [-0.3, -0.25) is 9.59 Å². The Labute approximate surface area is 73.9 Å². The van der Waals surface area contributed by atoms with Gasteiger partial charge in [-0.25, -0.2) is 4.90 Å². The highest BCUT2D eigenvalue weighted by atomic mass is 16.2. The minimum atomic E-state index is -0.225. The van der Waals surface area contributed by atoms with Gasteiger partial charge < -0.3 is 5.84 Å². The van der Waals surface area contributed by atoms with E-state index in [9.17, 15) is 9.59 Å². The van der Waals surface area contributed by atoms with Crippen molar-refractivity contribution in [3.8, 4) is 0 Å². The van der Waals surface area contributed by atoms with Crippen molar-refractivity contribution < 1.29 is 9.59 Å². The first-order valence-corrected chi connectivity index (χ1v) is 3.85. The summed E-state index contributed by atoms with van der Waals surface area (Å²) in [5.41, 5.74) is 0. The van der Waals surface area contributed by atoms with Crippen LogP contribution in [0.1, 0.15) is 12.8 Å². The standard InChI is InChI=1S/C7H8N4O2/c8-11-5(3-4-9-11)10-6(12)1-2-7(10)13/h3-4H,1-2,8H2. The Morgan fingerprint density at radius 2 is 1.92 bits per heavy atom. The highest BCUT2D eigenvalue weighted by molar-refractivity contribution is 6.19. The van der Waals surface area contributed by atoms with E-state index in [1.807, 2.05) is 0 Å². The lowest BCUT2D eigenvalue weighted by atomic mass is 10.4. The van der Waals surface area contributed by atoms with Gasteiger partial charge in [-0.15, -0.1) is 0 Å². The molecule has 2 N–H and O–H groups in total. The van der Waals surface area contributed by atoms with E-state index in [2.05, 4.69) is 5.10 Å². The molecule has 2 heterocycles. The van der Waals surface area contributed by atoms with Crippen molar-refractivity contribution in [1.82, 2.24) is 9.89 Å². The number of nitrogen functional groups attached to an aromatic ring is 1. The maximum atomic E-state index is 11.2. The number of nitrogens with zero attached hydrogens (tertiary/aromatic N) is 3. The van der Waals surface area contributed by atoms with Gasteiger partial charge in [-0.1, -0.05) is 0 Å². The van der Waals surface area contributed by atoms with Gasteiger partial charge >= 0.3 is 0 Å². The lowest BCUT2D eigenvalue weighted by Gasteiger charge is -2.12. The van der Waals surface area contributed by atoms with Crippen molar-refractivity contribution >= 4 is 17.6 Å². The van der Waals surface area contributed by atoms with E-state index in [-0.39, 0.29) is 24.7 Å². The van der Waals surface area contributed by atoms with Crippen LogP contribution in [0.15, 0.2) is 12.3 Å². The third kappa shape index (κ3) is 1.07. The summed E-state index contributed by atoms with van der Waals surface area (Å²) in [6.07, 6.45) is 1.95. The first-order chi connectivity index (χ1) is 6.20. The summed E-state index contributed by atoms with van der Waals surface area (Å²) < 4.78 is 0. The second kappa shape index (κ2) is 2.58. The molecule has 13 heavy (non-hydrogen) atoms. The molecule has 6 nitrogen and oxygen atoms in total. The predicted octanol–water partition coefficient (Wildman–Crippen LogP) is -0.750. The number of anilines is 1. The van der Waals surface area contributed by atoms with Gasteiger partial charge in [0.15, 0.2) is 5.82 Å². The van der Waals surface area contributed by atoms with E-state index in [4.69, 9.17) is 5.84 Å². The van der Waals surface area contributed by atoms with Crippen LogP contribution in [-0.4, -0.2) is 21.7 Å². The van der Waals surface area contributed by atoms with Crippen LogP contribution in [0.25, 0.3) is 0 Å². The maximum Gasteiger partial charge on any atom is 0.235 e. The van der Waals surface area contributed by atoms with Crippen LogP contribution in [0, 0.1) is 0 Å². The zero-order chi connectivity index (χ0) is 9.42. The number of hydrogen-bond donors (Lipinski definition) is 1. The lowest BCUT2D eigenvalue weighted by Crippen LogP contribution is -2.32. The normalized spacial score (nSPS) is 17.1. The van der Waals surface area contributed by atoms with Crippen molar-refractivity contribution in [2.24, 2.45) is 0 Å². The molecule has 0 spiro atoms. The Bertz CT molecular complexity index is 354. The van der Waals surface area contributed by atoms with E-state index in [0.717, 1.165) is 9.69 Å². The number of hydrogen-bond acceptors (Lipinski definition) is 4. The molecule has 1 aromatic heterocycles. The molecule has 0 aliphatic carbocycles. The van der Waals surface area contributed by atoms with E-state index in [1.54, 1.807) is 0 Å². The summed E-state index contributed by atoms with van der Waals surface area (Å²) in [7, 11) is 0. The summed E-state index contributed by atoms with van der Waals surface area (Å²) in [6.45, 7) is 0. The molecule has 0 unspecified atom stereocenters. The van der Waals surface area contributed by atoms with Gasteiger partial charge in [0.05, 0.1) is 6.20 Å². The first kappa shape index (κ1) is 7.78. The second-order valence-electron chi connectivity index (χ2n) is 2.76. The molecule has 1 aliphatic rings. The van der Waals surface area contributed by atoms with Gasteiger partial charge in [-0.2, -0.15) is 9.89 Å². The largest absolute Gasteiger partial charge is 0.321 e. The Morgan fingerprint density at radius 1 is 1.31 bits per heavy atom. The van der Waals surface area contributed by atoms with E-state index >= 15 is 0 Å². The van der Waals surface area contributed by atoms with Crippen molar-refractivity contribution in [3.63, 3.8) is 0 Å². The van der Waals surface area contributed by atoms with Crippen molar-refractivity contribution in [2.75, 3.05) is 10.7 Å². The van der Waals surface area contributed by atoms with Crippen LogP contribution in [0.2, 0.25) is 0 Å². The highest BCUT2D eigenvalue weighted by Crippen LogP contribution is 2.20. The topological polar surface area (TPSA) is 81.2 Å². The van der Waals surface area contributed by atoms with Crippen LogP contribution >= 0.6 is 0 Å². The number of imide groups is 1. The molecule has 1 aromatic rings. The molecule has 1 fully saturated rings. The summed E-state index contributed by atoms with van der Waals surface area (Å²) in [5, 5.41) is 3.68. The third-order valence-corrected chi connectivity index (χ3v) is 1.93. The zero-order valence-electron chi connectivity index (χ0n) is 6.80. The first-order valence-electron chi connectivity index (χ1n) is 3.85. The molecular weight excluding hydrogens is 172 g/mol. The molecule has 2 amide bonds. The average Bonchev–Trinajstić information content (AvgIpc) is 2.60. The van der Waals surface area contributed by atoms with Crippen LogP contribution in [-0.2, 0) is 9.59 Å². The Kier molecular flexibility index (Phi) is 1.54. The maximum absolute atomic E-state index is 11.2. The van der Waals surface area contributed by atoms with Crippen LogP contribution in [0.5, 0.6) is 0 Å². The van der Waals surface area contributed by atoms with Gasteiger partial charge in [0.1, 0.15) is 0 Å². The number of rotatable bonds is 1. The number of aromatic nitrogens is 2. The molecule has 6 heteroatoms. The van der Waals surface area contributed by atoms with Crippen molar-refractivity contribution in [1.29, 1.82) is 0 Å². The number of amides is 2. The molecule has 0 bridgehead atoms. The summed E-state index contributed by atoms with van der Waals surface area (Å²) in [6, 6.07) is 1.53. The van der Waals surface area contributed by atoms with Crippen molar-refractivity contribution in [2.45, 2.75) is 12.8 Å². The Balaban J connectivity index is 2.40. The fourth-order valence-electron chi connectivity index (χ4n) is 1.32. The number of nitrogens with two attached hydrogens (primary N) is 1. The summed E-state index contributed by atoms with van der Waals surface area (Å²) in [5.74, 6) is 5.28. The molecule has 68 valence electrons. The SMILES string of the molecule is Nn1nccc1N1C(=O)CCC1=O. The minimum Gasteiger partial charge on any atom is -0.321 e. The smallest absolute Gasteiger partial charge is 0.235 e. The number of carbonyl (C=O) groups is 2. The number of carbonyl (C=O) groups excluding carboxylic acids is 2. The molecule has 0 radical (unpaired) electrons. The van der Waals surface area contributed by atoms with E-state index in [1.165, 1.54) is 12.3 Å². The average molecular weight is 180 g/mol. The summed E-state index contributed by atoms with van der Waals surface area (Å²) in [4.78, 5) is 24.6. The van der Waals surface area contributed by atoms with Gasteiger partial charge in [0, 0.05) is 18.9 Å². The van der Waals surface area contributed by atoms with Crippen LogP contribution in [0.4, 0.5) is 5.82 Å².